The summed E-state index contributed by atoms with van der Waals surface area (Å²) in [5, 5.41) is 8.81. The fraction of sp³-hybridized carbons (Fsp3) is 0.333. The monoisotopic (exact) mass is 232 g/mol. The highest BCUT2D eigenvalue weighted by molar-refractivity contribution is 5.89. The SMILES string of the molecule is COc1cc(C(=O)O)c(CN)nc1C(F)F. The second kappa shape index (κ2) is 4.84. The molecule has 0 radical (unpaired) electrons. The van der Waals surface area contributed by atoms with Crippen molar-refractivity contribution in [2.75, 3.05) is 7.11 Å². The second-order valence-electron chi connectivity index (χ2n) is 2.88. The molecule has 0 atom stereocenters. The number of nitrogens with zero attached hydrogens (tertiary/aromatic N) is 1. The van der Waals surface area contributed by atoms with Gasteiger partial charge in [0.2, 0.25) is 0 Å². The Morgan fingerprint density at radius 1 is 1.69 bits per heavy atom. The van der Waals surface area contributed by atoms with Crippen LogP contribution in [0.25, 0.3) is 0 Å². The van der Waals surface area contributed by atoms with Crippen molar-refractivity contribution in [3.63, 3.8) is 0 Å². The second-order valence-corrected chi connectivity index (χ2v) is 2.88. The smallest absolute Gasteiger partial charge is 0.337 e. The number of carboxylic acids is 1. The molecular weight excluding hydrogens is 222 g/mol. The van der Waals surface area contributed by atoms with Crippen LogP contribution in [0.2, 0.25) is 0 Å². The standard InChI is InChI=1S/C9H10F2N2O3/c1-16-6-2-4(9(14)15)5(3-12)13-7(6)8(10)11/h2,8H,3,12H2,1H3,(H,14,15). The first-order chi connectivity index (χ1) is 7.51. The summed E-state index contributed by atoms with van der Waals surface area (Å²) in [6.07, 6.45) is -2.84. The molecule has 0 aliphatic heterocycles. The molecule has 0 saturated carbocycles. The summed E-state index contributed by atoms with van der Waals surface area (Å²) in [7, 11) is 1.16. The number of halogens is 2. The van der Waals surface area contributed by atoms with Crippen LogP contribution in [0.3, 0.4) is 0 Å². The summed E-state index contributed by atoms with van der Waals surface area (Å²) in [5.74, 6) is -1.54. The maximum absolute atomic E-state index is 12.5. The summed E-state index contributed by atoms with van der Waals surface area (Å²) < 4.78 is 29.7. The Kier molecular flexibility index (Phi) is 3.73. The van der Waals surface area contributed by atoms with Crippen molar-refractivity contribution in [2.45, 2.75) is 13.0 Å². The van der Waals surface area contributed by atoms with Crippen LogP contribution >= 0.6 is 0 Å². The highest BCUT2D eigenvalue weighted by Gasteiger charge is 2.21. The molecule has 0 spiro atoms. The number of alkyl halides is 2. The summed E-state index contributed by atoms with van der Waals surface area (Å²) in [6, 6.07) is 0.999. The number of carboxylic acid groups (broad SMARTS) is 1. The van der Waals surface area contributed by atoms with E-state index in [4.69, 9.17) is 10.8 Å². The van der Waals surface area contributed by atoms with Crippen LogP contribution in [0.4, 0.5) is 8.78 Å². The van der Waals surface area contributed by atoms with Crippen LogP contribution in [-0.2, 0) is 6.54 Å². The summed E-state index contributed by atoms with van der Waals surface area (Å²) in [4.78, 5) is 14.3. The molecule has 88 valence electrons. The number of nitrogens with two attached hydrogens (primary N) is 1. The van der Waals surface area contributed by atoms with E-state index in [2.05, 4.69) is 9.72 Å². The number of pyridine rings is 1. The summed E-state index contributed by atoms with van der Waals surface area (Å²) >= 11 is 0. The van der Waals surface area contributed by atoms with Crippen molar-refractivity contribution >= 4 is 5.97 Å². The molecule has 16 heavy (non-hydrogen) atoms. The predicted octanol–water partition coefficient (Wildman–Crippen LogP) is 1.18. The van der Waals surface area contributed by atoms with Gasteiger partial charge in [0.15, 0.2) is 0 Å². The Hall–Kier alpha value is -1.76. The van der Waals surface area contributed by atoms with Crippen LogP contribution in [-0.4, -0.2) is 23.2 Å². The van der Waals surface area contributed by atoms with Gasteiger partial charge in [-0.1, -0.05) is 0 Å². The van der Waals surface area contributed by atoms with Gasteiger partial charge in [-0.25, -0.2) is 18.6 Å². The molecule has 0 bridgehead atoms. The van der Waals surface area contributed by atoms with E-state index in [-0.39, 0.29) is 23.6 Å². The van der Waals surface area contributed by atoms with Gasteiger partial charge < -0.3 is 15.6 Å². The maximum Gasteiger partial charge on any atom is 0.337 e. The molecule has 1 heterocycles. The van der Waals surface area contributed by atoms with E-state index in [1.165, 1.54) is 0 Å². The minimum atomic E-state index is -2.84. The Bertz CT molecular complexity index is 410. The molecule has 0 amide bonds. The van der Waals surface area contributed by atoms with Crippen molar-refractivity contribution in [2.24, 2.45) is 5.73 Å². The van der Waals surface area contributed by atoms with E-state index in [9.17, 15) is 13.6 Å². The van der Waals surface area contributed by atoms with Crippen molar-refractivity contribution < 1.29 is 23.4 Å². The Morgan fingerprint density at radius 3 is 2.69 bits per heavy atom. The molecule has 1 aromatic rings. The molecule has 0 unspecified atom stereocenters. The third-order valence-corrected chi connectivity index (χ3v) is 1.94. The average Bonchev–Trinajstić information content (AvgIpc) is 2.26. The highest BCUT2D eigenvalue weighted by atomic mass is 19.3. The molecule has 3 N–H and O–H groups in total. The lowest BCUT2D eigenvalue weighted by Gasteiger charge is -2.10. The number of rotatable bonds is 4. The van der Waals surface area contributed by atoms with Crippen LogP contribution < -0.4 is 10.5 Å². The number of carbonyl (C=O) groups is 1. The first-order valence-electron chi connectivity index (χ1n) is 4.30. The largest absolute Gasteiger partial charge is 0.495 e. The van der Waals surface area contributed by atoms with E-state index in [1.807, 2.05) is 0 Å². The third kappa shape index (κ3) is 2.25. The van der Waals surface area contributed by atoms with Gasteiger partial charge in [0.05, 0.1) is 18.4 Å². The van der Waals surface area contributed by atoms with E-state index in [1.54, 1.807) is 0 Å². The number of hydrogen-bond acceptors (Lipinski definition) is 4. The van der Waals surface area contributed by atoms with E-state index in [0.29, 0.717) is 0 Å². The van der Waals surface area contributed by atoms with E-state index < -0.39 is 18.1 Å². The lowest BCUT2D eigenvalue weighted by molar-refractivity contribution is 0.0693. The number of hydrogen-bond donors (Lipinski definition) is 2. The van der Waals surface area contributed by atoms with E-state index in [0.717, 1.165) is 13.2 Å². The minimum Gasteiger partial charge on any atom is -0.495 e. The zero-order valence-corrected chi connectivity index (χ0v) is 8.41. The van der Waals surface area contributed by atoms with Crippen molar-refractivity contribution in [1.29, 1.82) is 0 Å². The Labute approximate surface area is 89.9 Å². The number of ether oxygens (including phenoxy) is 1. The molecular formula is C9H10F2N2O3. The van der Waals surface area contributed by atoms with Gasteiger partial charge in [0.1, 0.15) is 11.4 Å². The van der Waals surface area contributed by atoms with Gasteiger partial charge in [0, 0.05) is 6.54 Å². The molecule has 0 aromatic carbocycles. The zero-order chi connectivity index (χ0) is 12.3. The molecule has 1 rings (SSSR count). The maximum atomic E-state index is 12.5. The lowest BCUT2D eigenvalue weighted by atomic mass is 10.1. The summed E-state index contributed by atoms with van der Waals surface area (Å²) in [6.45, 7) is -0.231. The van der Waals surface area contributed by atoms with Crippen LogP contribution in [0.15, 0.2) is 6.07 Å². The van der Waals surface area contributed by atoms with Gasteiger partial charge in [-0.2, -0.15) is 0 Å². The average molecular weight is 232 g/mol. The Balaban J connectivity index is 3.40. The lowest BCUT2D eigenvalue weighted by Crippen LogP contribution is -2.12. The molecule has 0 aliphatic rings. The number of methoxy groups -OCH3 is 1. The van der Waals surface area contributed by atoms with Gasteiger partial charge in [0.25, 0.3) is 6.43 Å². The van der Waals surface area contributed by atoms with Gasteiger partial charge >= 0.3 is 5.97 Å². The molecule has 0 aliphatic carbocycles. The van der Waals surface area contributed by atoms with Crippen molar-refractivity contribution in [3.05, 3.63) is 23.0 Å². The van der Waals surface area contributed by atoms with E-state index >= 15 is 0 Å². The first kappa shape index (κ1) is 12.3. The Morgan fingerprint density at radius 2 is 2.31 bits per heavy atom. The zero-order valence-electron chi connectivity index (χ0n) is 8.41. The quantitative estimate of drug-likeness (QED) is 0.814. The van der Waals surface area contributed by atoms with Crippen LogP contribution in [0.5, 0.6) is 5.75 Å². The fourth-order valence-corrected chi connectivity index (χ4v) is 1.21. The van der Waals surface area contributed by atoms with Crippen LogP contribution in [0.1, 0.15) is 28.2 Å². The molecule has 0 fully saturated rings. The number of aromatic nitrogens is 1. The molecule has 5 nitrogen and oxygen atoms in total. The van der Waals surface area contributed by atoms with Gasteiger partial charge in [-0.3, -0.25) is 0 Å². The predicted molar refractivity (Wildman–Crippen MR) is 50.6 cm³/mol. The van der Waals surface area contributed by atoms with Gasteiger partial charge in [-0.05, 0) is 6.07 Å². The van der Waals surface area contributed by atoms with Crippen molar-refractivity contribution in [3.8, 4) is 5.75 Å². The molecule has 0 saturated heterocycles. The van der Waals surface area contributed by atoms with Crippen LogP contribution in [0, 0.1) is 0 Å². The fourth-order valence-electron chi connectivity index (χ4n) is 1.21. The first-order valence-corrected chi connectivity index (χ1v) is 4.30. The van der Waals surface area contributed by atoms with Crippen molar-refractivity contribution in [1.82, 2.24) is 4.98 Å². The van der Waals surface area contributed by atoms with Gasteiger partial charge in [-0.15, -0.1) is 0 Å². The molecule has 1 aromatic heterocycles. The topological polar surface area (TPSA) is 85.4 Å². The number of aromatic carboxylic acids is 1. The molecule has 7 heteroatoms. The third-order valence-electron chi connectivity index (χ3n) is 1.94. The minimum absolute atomic E-state index is 0.0939. The summed E-state index contributed by atoms with van der Waals surface area (Å²) in [5.41, 5.74) is 4.31. The normalized spacial score (nSPS) is 10.6. The highest BCUT2D eigenvalue weighted by Crippen LogP contribution is 2.29.